The molecular weight excluding hydrogens is 390 g/mol. The number of aliphatic carboxylic acids is 1. The quantitative estimate of drug-likeness (QED) is 0.412. The molecule has 0 unspecified atom stereocenters. The monoisotopic (exact) mass is 410 g/mol. The van der Waals surface area contributed by atoms with Gasteiger partial charge in [-0.2, -0.15) is 9.78 Å². The fourth-order valence-electron chi connectivity index (χ4n) is 2.56. The number of anilines is 1. The van der Waals surface area contributed by atoms with Crippen molar-refractivity contribution in [2.75, 3.05) is 31.9 Å². The SMILES string of the molecule is COc1ccccc1-c1nnc(SCC(=O)[O-])n1/N=C/c1ccc(N(C)C)cc1. The van der Waals surface area contributed by atoms with E-state index in [4.69, 9.17) is 4.74 Å². The maximum absolute atomic E-state index is 10.9. The van der Waals surface area contributed by atoms with Crippen LogP contribution in [0, 0.1) is 0 Å². The molecule has 0 bridgehead atoms. The van der Waals surface area contributed by atoms with Gasteiger partial charge in [-0.3, -0.25) is 0 Å². The molecule has 1 heterocycles. The Balaban J connectivity index is 1.99. The number of nitrogens with zero attached hydrogens (tertiary/aromatic N) is 5. The minimum atomic E-state index is -1.19. The maximum Gasteiger partial charge on any atom is 0.212 e. The summed E-state index contributed by atoms with van der Waals surface area (Å²) in [5.74, 6) is -0.379. The number of hydrogen-bond acceptors (Lipinski definition) is 8. The number of carboxylic acid groups (broad SMARTS) is 1. The molecule has 0 aliphatic heterocycles. The lowest BCUT2D eigenvalue weighted by Crippen LogP contribution is -2.24. The zero-order valence-electron chi connectivity index (χ0n) is 16.3. The van der Waals surface area contributed by atoms with E-state index in [1.807, 2.05) is 67.5 Å². The zero-order valence-corrected chi connectivity index (χ0v) is 17.1. The summed E-state index contributed by atoms with van der Waals surface area (Å²) in [5, 5.41) is 24.0. The van der Waals surface area contributed by atoms with Crippen molar-refractivity contribution in [2.45, 2.75) is 5.16 Å². The number of carbonyl (C=O) groups is 1. The number of methoxy groups -OCH3 is 1. The number of hydrogen-bond donors (Lipinski definition) is 0. The third-order valence-corrected chi connectivity index (χ3v) is 4.90. The van der Waals surface area contributed by atoms with Gasteiger partial charge >= 0.3 is 0 Å². The van der Waals surface area contributed by atoms with Gasteiger partial charge in [-0.1, -0.05) is 36.0 Å². The van der Waals surface area contributed by atoms with E-state index in [0.717, 1.165) is 23.0 Å². The van der Waals surface area contributed by atoms with Crippen molar-refractivity contribution in [3.05, 3.63) is 54.1 Å². The first-order valence-corrected chi connectivity index (χ1v) is 9.71. The van der Waals surface area contributed by atoms with Crippen LogP contribution in [0.15, 0.2) is 58.8 Å². The molecule has 0 atom stereocenters. The van der Waals surface area contributed by atoms with Crippen molar-refractivity contribution in [1.82, 2.24) is 14.9 Å². The Morgan fingerprint density at radius 3 is 2.59 bits per heavy atom. The number of carboxylic acids is 1. The molecule has 9 heteroatoms. The number of benzene rings is 2. The second-order valence-electron chi connectivity index (χ2n) is 6.21. The van der Waals surface area contributed by atoms with Gasteiger partial charge in [0.25, 0.3) is 0 Å². The highest BCUT2D eigenvalue weighted by Crippen LogP contribution is 2.30. The lowest BCUT2D eigenvalue weighted by atomic mass is 10.2. The van der Waals surface area contributed by atoms with Crippen molar-refractivity contribution < 1.29 is 14.6 Å². The van der Waals surface area contributed by atoms with E-state index in [0.29, 0.717) is 22.3 Å². The van der Waals surface area contributed by atoms with Gasteiger partial charge in [0.05, 0.1) is 24.9 Å². The van der Waals surface area contributed by atoms with Gasteiger partial charge in [-0.25, -0.2) is 0 Å². The van der Waals surface area contributed by atoms with Crippen molar-refractivity contribution in [3.8, 4) is 17.1 Å². The first-order chi connectivity index (χ1) is 14.0. The standard InChI is InChI=1S/C20H21N5O3S/c1-24(2)15-10-8-14(9-11-15)12-21-25-19(16-6-4-5-7-17(16)28-3)22-23-20(25)29-13-18(26)27/h4-12H,13H2,1-3H3,(H,26,27)/p-1/b21-12+. The summed E-state index contributed by atoms with van der Waals surface area (Å²) in [6.07, 6.45) is 1.67. The van der Waals surface area contributed by atoms with Crippen LogP contribution in [-0.4, -0.2) is 54.0 Å². The van der Waals surface area contributed by atoms with Crippen molar-refractivity contribution in [2.24, 2.45) is 5.10 Å². The summed E-state index contributed by atoms with van der Waals surface area (Å²) in [7, 11) is 5.52. The predicted octanol–water partition coefficient (Wildman–Crippen LogP) is 1.74. The van der Waals surface area contributed by atoms with Gasteiger partial charge in [0, 0.05) is 25.5 Å². The molecule has 0 fully saturated rings. The second-order valence-corrected chi connectivity index (χ2v) is 7.15. The molecule has 0 saturated carbocycles. The van der Waals surface area contributed by atoms with Gasteiger partial charge in [0.15, 0.2) is 5.82 Å². The molecule has 0 spiro atoms. The summed E-state index contributed by atoms with van der Waals surface area (Å²) in [6.45, 7) is 0. The Labute approximate surface area is 172 Å². The van der Waals surface area contributed by atoms with Crippen LogP contribution < -0.4 is 14.7 Å². The normalized spacial score (nSPS) is 11.0. The van der Waals surface area contributed by atoms with Gasteiger partial charge in [0.1, 0.15) is 5.75 Å². The van der Waals surface area contributed by atoms with Crippen LogP contribution in [0.4, 0.5) is 5.69 Å². The average Bonchev–Trinajstić information content (AvgIpc) is 3.13. The Hall–Kier alpha value is -3.33. The Morgan fingerprint density at radius 1 is 1.21 bits per heavy atom. The number of carbonyl (C=O) groups excluding carboxylic acids is 1. The largest absolute Gasteiger partial charge is 0.549 e. The van der Waals surface area contributed by atoms with Crippen LogP contribution >= 0.6 is 11.8 Å². The zero-order chi connectivity index (χ0) is 20.8. The summed E-state index contributed by atoms with van der Waals surface area (Å²) < 4.78 is 6.92. The van der Waals surface area contributed by atoms with E-state index < -0.39 is 5.97 Å². The highest BCUT2D eigenvalue weighted by Gasteiger charge is 2.17. The van der Waals surface area contributed by atoms with Crippen LogP contribution in [0.5, 0.6) is 5.75 Å². The fraction of sp³-hybridized carbons (Fsp3) is 0.200. The van der Waals surface area contributed by atoms with Crippen molar-refractivity contribution >= 4 is 29.6 Å². The average molecular weight is 410 g/mol. The van der Waals surface area contributed by atoms with Gasteiger partial charge < -0.3 is 19.5 Å². The highest BCUT2D eigenvalue weighted by atomic mass is 32.2. The highest BCUT2D eigenvalue weighted by molar-refractivity contribution is 7.99. The number of rotatable bonds is 8. The molecule has 0 amide bonds. The minimum Gasteiger partial charge on any atom is -0.549 e. The first-order valence-electron chi connectivity index (χ1n) is 8.73. The molecule has 0 aliphatic carbocycles. The molecule has 2 aromatic carbocycles. The number of thioether (sulfide) groups is 1. The first kappa shape index (κ1) is 20.4. The summed E-state index contributed by atoms with van der Waals surface area (Å²) in [6, 6.07) is 15.2. The van der Waals surface area contributed by atoms with Crippen LogP contribution in [0.3, 0.4) is 0 Å². The third kappa shape index (κ3) is 4.94. The Bertz CT molecular complexity index is 1020. The Morgan fingerprint density at radius 2 is 1.93 bits per heavy atom. The van der Waals surface area contributed by atoms with E-state index in [9.17, 15) is 9.90 Å². The lowest BCUT2D eigenvalue weighted by Gasteiger charge is -2.11. The third-order valence-electron chi connectivity index (χ3n) is 4.01. The molecule has 3 rings (SSSR count). The van der Waals surface area contributed by atoms with Gasteiger partial charge in [-0.15, -0.1) is 10.2 Å². The molecule has 0 aliphatic rings. The molecule has 0 saturated heterocycles. The van der Waals surface area contributed by atoms with Crippen LogP contribution in [0.2, 0.25) is 0 Å². The summed E-state index contributed by atoms with van der Waals surface area (Å²) >= 11 is 0.992. The predicted molar refractivity (Wildman–Crippen MR) is 112 cm³/mol. The van der Waals surface area contributed by atoms with Gasteiger partial charge in [0.2, 0.25) is 5.16 Å². The topological polar surface area (TPSA) is 95.7 Å². The smallest absolute Gasteiger partial charge is 0.212 e. The van der Waals surface area contributed by atoms with E-state index in [1.54, 1.807) is 13.3 Å². The van der Waals surface area contributed by atoms with E-state index in [-0.39, 0.29) is 5.75 Å². The molecule has 8 nitrogen and oxygen atoms in total. The van der Waals surface area contributed by atoms with Crippen molar-refractivity contribution in [3.63, 3.8) is 0 Å². The summed E-state index contributed by atoms with van der Waals surface area (Å²) in [4.78, 5) is 12.9. The number of ether oxygens (including phenoxy) is 1. The molecule has 0 radical (unpaired) electrons. The van der Waals surface area contributed by atoms with Crippen LogP contribution in [0.1, 0.15) is 5.56 Å². The number of para-hydroxylation sites is 1. The molecule has 0 N–H and O–H groups in total. The molecule has 1 aromatic heterocycles. The van der Waals surface area contributed by atoms with E-state index >= 15 is 0 Å². The molecule has 29 heavy (non-hydrogen) atoms. The molecule has 150 valence electrons. The minimum absolute atomic E-state index is 0.253. The lowest BCUT2D eigenvalue weighted by molar-refractivity contribution is -0.301. The van der Waals surface area contributed by atoms with Crippen LogP contribution in [-0.2, 0) is 4.79 Å². The molecule has 3 aromatic rings. The van der Waals surface area contributed by atoms with Crippen molar-refractivity contribution in [1.29, 1.82) is 0 Å². The van der Waals surface area contributed by atoms with Crippen LogP contribution in [0.25, 0.3) is 11.4 Å². The number of aromatic nitrogens is 3. The summed E-state index contributed by atoms with van der Waals surface area (Å²) in [5.41, 5.74) is 2.65. The maximum atomic E-state index is 10.9. The van der Waals surface area contributed by atoms with Gasteiger partial charge in [-0.05, 0) is 29.8 Å². The molecular formula is C20H20N5O3S-. The van der Waals surface area contributed by atoms with E-state index in [1.165, 1.54) is 4.68 Å². The fourth-order valence-corrected chi connectivity index (χ4v) is 3.16. The van der Waals surface area contributed by atoms with E-state index in [2.05, 4.69) is 15.3 Å². The second kappa shape index (κ2) is 9.24. The Kier molecular flexibility index (Phi) is 6.50.